The molecule has 0 bridgehead atoms. The van der Waals surface area contributed by atoms with Gasteiger partial charge in [-0.3, -0.25) is 9.59 Å². The number of carbonyl (C=O) groups excluding carboxylic acids is 2. The molecule has 1 fully saturated rings. The van der Waals surface area contributed by atoms with Gasteiger partial charge in [-0.1, -0.05) is 45.7 Å². The van der Waals surface area contributed by atoms with Gasteiger partial charge in [-0.25, -0.2) is 4.98 Å². The van der Waals surface area contributed by atoms with Gasteiger partial charge >= 0.3 is 0 Å². The number of imidazole rings is 1. The zero-order chi connectivity index (χ0) is 20.1. The van der Waals surface area contributed by atoms with E-state index in [0.717, 1.165) is 42.8 Å². The van der Waals surface area contributed by atoms with Crippen LogP contribution in [0.1, 0.15) is 58.7 Å². The number of para-hydroxylation sites is 2. The summed E-state index contributed by atoms with van der Waals surface area (Å²) in [5.41, 5.74) is 1.45. The molecule has 3 rings (SSSR count). The van der Waals surface area contributed by atoms with Crippen LogP contribution in [-0.4, -0.2) is 39.4 Å². The van der Waals surface area contributed by atoms with Crippen LogP contribution in [0.25, 0.3) is 11.0 Å². The molecule has 0 unspecified atom stereocenters. The van der Waals surface area contributed by atoms with E-state index in [1.807, 2.05) is 49.9 Å². The molecule has 0 radical (unpaired) electrons. The number of aryl methyl sites for hydroxylation is 1. The summed E-state index contributed by atoms with van der Waals surface area (Å²) in [6, 6.07) is 7.93. The minimum absolute atomic E-state index is 0.00764. The Morgan fingerprint density at radius 3 is 2.43 bits per heavy atom. The van der Waals surface area contributed by atoms with Crippen LogP contribution in [0.5, 0.6) is 0 Å². The van der Waals surface area contributed by atoms with Gasteiger partial charge in [-0.05, 0) is 25.0 Å². The SMILES string of the molecule is CC(C)(C)C(=O)NCc1nc2ccccc2n1CCC(=O)N1CCCCCC1. The summed E-state index contributed by atoms with van der Waals surface area (Å²) in [6.07, 6.45) is 5.09. The van der Waals surface area contributed by atoms with Gasteiger partial charge in [0.1, 0.15) is 5.82 Å². The van der Waals surface area contributed by atoms with Crippen LogP contribution >= 0.6 is 0 Å². The maximum atomic E-state index is 12.7. The van der Waals surface area contributed by atoms with Crippen molar-refractivity contribution in [2.24, 2.45) is 5.41 Å². The van der Waals surface area contributed by atoms with E-state index >= 15 is 0 Å². The number of nitrogens with zero attached hydrogens (tertiary/aromatic N) is 3. The smallest absolute Gasteiger partial charge is 0.225 e. The summed E-state index contributed by atoms with van der Waals surface area (Å²) < 4.78 is 2.08. The predicted molar refractivity (Wildman–Crippen MR) is 111 cm³/mol. The fraction of sp³-hybridized carbons (Fsp3) is 0.591. The molecule has 1 aromatic carbocycles. The first kappa shape index (κ1) is 20.4. The van der Waals surface area contributed by atoms with Crippen LogP contribution in [-0.2, 0) is 22.7 Å². The molecule has 2 aromatic rings. The molecule has 6 heteroatoms. The number of likely N-dealkylation sites (tertiary alicyclic amines) is 1. The second kappa shape index (κ2) is 8.76. The van der Waals surface area contributed by atoms with Gasteiger partial charge in [-0.15, -0.1) is 0 Å². The van der Waals surface area contributed by atoms with E-state index in [-0.39, 0.29) is 11.8 Å². The van der Waals surface area contributed by atoms with Crippen LogP contribution in [0, 0.1) is 5.41 Å². The molecule has 0 spiro atoms. The van der Waals surface area contributed by atoms with E-state index in [0.29, 0.717) is 19.5 Å². The van der Waals surface area contributed by atoms with Gasteiger partial charge in [0.05, 0.1) is 17.6 Å². The molecule has 1 N–H and O–H groups in total. The molecule has 1 saturated heterocycles. The van der Waals surface area contributed by atoms with E-state index < -0.39 is 5.41 Å². The fourth-order valence-corrected chi connectivity index (χ4v) is 3.62. The number of hydrogen-bond donors (Lipinski definition) is 1. The Morgan fingerprint density at radius 1 is 1.07 bits per heavy atom. The van der Waals surface area contributed by atoms with Crippen LogP contribution in [0.15, 0.2) is 24.3 Å². The lowest BCUT2D eigenvalue weighted by Crippen LogP contribution is -2.35. The van der Waals surface area contributed by atoms with E-state index in [9.17, 15) is 9.59 Å². The number of carbonyl (C=O) groups is 2. The van der Waals surface area contributed by atoms with Crippen molar-refractivity contribution in [2.75, 3.05) is 13.1 Å². The predicted octanol–water partition coefficient (Wildman–Crippen LogP) is 3.49. The fourth-order valence-electron chi connectivity index (χ4n) is 3.62. The van der Waals surface area contributed by atoms with Crippen molar-refractivity contribution >= 4 is 22.8 Å². The minimum atomic E-state index is -0.445. The number of benzene rings is 1. The summed E-state index contributed by atoms with van der Waals surface area (Å²) in [5.74, 6) is 0.999. The molecule has 152 valence electrons. The van der Waals surface area contributed by atoms with Gasteiger partial charge in [0.15, 0.2) is 0 Å². The standard InChI is InChI=1S/C22H32N4O2/c1-22(2,3)21(28)23-16-19-24-17-10-6-7-11-18(17)26(19)15-12-20(27)25-13-8-4-5-9-14-25/h6-7,10-11H,4-5,8-9,12-16H2,1-3H3,(H,23,28). The van der Waals surface area contributed by atoms with Gasteiger partial charge in [0, 0.05) is 31.5 Å². The van der Waals surface area contributed by atoms with Gasteiger partial charge in [0.25, 0.3) is 0 Å². The lowest BCUT2D eigenvalue weighted by Gasteiger charge is -2.21. The van der Waals surface area contributed by atoms with Crippen molar-refractivity contribution in [2.45, 2.75) is 66.0 Å². The van der Waals surface area contributed by atoms with Crippen LogP contribution in [0.2, 0.25) is 0 Å². The third-order valence-electron chi connectivity index (χ3n) is 5.33. The third kappa shape index (κ3) is 4.91. The summed E-state index contributed by atoms with van der Waals surface area (Å²) in [5, 5.41) is 2.98. The van der Waals surface area contributed by atoms with E-state index in [4.69, 9.17) is 4.98 Å². The first-order chi connectivity index (χ1) is 13.4. The van der Waals surface area contributed by atoms with Crippen LogP contribution in [0.4, 0.5) is 0 Å². The molecule has 0 saturated carbocycles. The molecule has 28 heavy (non-hydrogen) atoms. The normalized spacial score (nSPS) is 15.5. The molecule has 6 nitrogen and oxygen atoms in total. The number of nitrogens with one attached hydrogen (secondary N) is 1. The highest BCUT2D eigenvalue weighted by atomic mass is 16.2. The van der Waals surface area contributed by atoms with E-state index in [2.05, 4.69) is 9.88 Å². The van der Waals surface area contributed by atoms with E-state index in [1.165, 1.54) is 12.8 Å². The summed E-state index contributed by atoms with van der Waals surface area (Å²) in [6.45, 7) is 8.37. The lowest BCUT2D eigenvalue weighted by molar-refractivity contribution is -0.131. The highest BCUT2D eigenvalue weighted by Gasteiger charge is 2.22. The number of fused-ring (bicyclic) bond motifs is 1. The first-order valence-electron chi connectivity index (χ1n) is 10.4. The Morgan fingerprint density at radius 2 is 1.75 bits per heavy atom. The zero-order valence-electron chi connectivity index (χ0n) is 17.3. The van der Waals surface area contributed by atoms with Crippen molar-refractivity contribution in [3.05, 3.63) is 30.1 Å². The molecule has 1 aliphatic rings. The summed E-state index contributed by atoms with van der Waals surface area (Å²) in [7, 11) is 0. The van der Waals surface area contributed by atoms with Gasteiger partial charge in [0.2, 0.25) is 11.8 Å². The highest BCUT2D eigenvalue weighted by Crippen LogP contribution is 2.19. The zero-order valence-corrected chi connectivity index (χ0v) is 17.3. The van der Waals surface area contributed by atoms with Crippen molar-refractivity contribution in [3.63, 3.8) is 0 Å². The quantitative estimate of drug-likeness (QED) is 0.858. The molecular formula is C22H32N4O2. The van der Waals surface area contributed by atoms with Crippen molar-refractivity contribution in [1.82, 2.24) is 19.8 Å². The molecule has 1 aromatic heterocycles. The van der Waals surface area contributed by atoms with Crippen molar-refractivity contribution < 1.29 is 9.59 Å². The molecule has 0 atom stereocenters. The number of rotatable bonds is 5. The Labute approximate surface area is 167 Å². The largest absolute Gasteiger partial charge is 0.348 e. The second-order valence-corrected chi connectivity index (χ2v) is 8.65. The van der Waals surface area contributed by atoms with E-state index in [1.54, 1.807) is 0 Å². The maximum Gasteiger partial charge on any atom is 0.225 e. The first-order valence-corrected chi connectivity index (χ1v) is 10.4. The topological polar surface area (TPSA) is 67.2 Å². The summed E-state index contributed by atoms with van der Waals surface area (Å²) in [4.78, 5) is 31.7. The Balaban J connectivity index is 1.73. The van der Waals surface area contributed by atoms with Crippen molar-refractivity contribution in [3.8, 4) is 0 Å². The lowest BCUT2D eigenvalue weighted by atomic mass is 9.96. The minimum Gasteiger partial charge on any atom is -0.348 e. The average Bonchev–Trinajstić information content (AvgIpc) is 2.82. The third-order valence-corrected chi connectivity index (χ3v) is 5.33. The average molecular weight is 385 g/mol. The maximum absolute atomic E-state index is 12.7. The molecule has 2 amide bonds. The number of hydrogen-bond acceptors (Lipinski definition) is 3. The van der Waals surface area contributed by atoms with Gasteiger partial charge in [-0.2, -0.15) is 0 Å². The molecule has 0 aliphatic carbocycles. The van der Waals surface area contributed by atoms with Crippen LogP contribution in [0.3, 0.4) is 0 Å². The Kier molecular flexibility index (Phi) is 6.37. The Hall–Kier alpha value is -2.37. The number of aromatic nitrogens is 2. The summed E-state index contributed by atoms with van der Waals surface area (Å²) >= 11 is 0. The monoisotopic (exact) mass is 384 g/mol. The Bertz CT molecular complexity index is 827. The second-order valence-electron chi connectivity index (χ2n) is 8.65. The van der Waals surface area contributed by atoms with Crippen LogP contribution < -0.4 is 5.32 Å². The van der Waals surface area contributed by atoms with Gasteiger partial charge < -0.3 is 14.8 Å². The molecular weight excluding hydrogens is 352 g/mol. The van der Waals surface area contributed by atoms with Crippen molar-refractivity contribution in [1.29, 1.82) is 0 Å². The molecule has 2 heterocycles. The molecule has 1 aliphatic heterocycles. The number of amides is 2. The highest BCUT2D eigenvalue weighted by molar-refractivity contribution is 5.81.